The lowest BCUT2D eigenvalue weighted by molar-refractivity contribution is 0.0953. The van der Waals surface area contributed by atoms with Crippen molar-refractivity contribution < 1.29 is 4.79 Å². The predicted molar refractivity (Wildman–Crippen MR) is 128 cm³/mol. The summed E-state index contributed by atoms with van der Waals surface area (Å²) in [5, 5.41) is 11.8. The third-order valence-electron chi connectivity index (χ3n) is 6.52. The number of aliphatic imine (C=N–C) groups is 1. The molecule has 1 aromatic rings. The number of hydrogen-bond acceptors (Lipinski definition) is 6. The first-order chi connectivity index (χ1) is 15.4. The summed E-state index contributed by atoms with van der Waals surface area (Å²) in [7, 11) is 2.17. The lowest BCUT2D eigenvalue weighted by Crippen LogP contribution is -2.57. The van der Waals surface area contributed by atoms with Gasteiger partial charge in [0.2, 0.25) is 0 Å². The van der Waals surface area contributed by atoms with Crippen molar-refractivity contribution in [3.63, 3.8) is 0 Å². The Bertz CT molecular complexity index is 850. The van der Waals surface area contributed by atoms with Crippen LogP contribution in [0.2, 0.25) is 0 Å². The molecule has 0 aromatic carbocycles. The maximum absolute atomic E-state index is 12.3. The average molecular weight is 440 g/mol. The number of hydrogen-bond donors (Lipinski definition) is 2. The maximum Gasteiger partial charge on any atom is 0.267 e. The van der Waals surface area contributed by atoms with Crippen LogP contribution in [-0.2, 0) is 0 Å². The van der Waals surface area contributed by atoms with Crippen LogP contribution in [0.5, 0.6) is 0 Å². The maximum atomic E-state index is 12.3. The summed E-state index contributed by atoms with van der Waals surface area (Å²) in [5.74, 6) is -0.221. The van der Waals surface area contributed by atoms with Crippen molar-refractivity contribution in [2.75, 3.05) is 59.5 Å². The summed E-state index contributed by atoms with van der Waals surface area (Å²) in [6, 6.07) is 3.58. The monoisotopic (exact) mass is 439 g/mol. The number of carbonyl (C=O) groups is 1. The Balaban J connectivity index is 1.65. The molecule has 2 saturated heterocycles. The smallest absolute Gasteiger partial charge is 0.267 e. The van der Waals surface area contributed by atoms with E-state index in [1.165, 1.54) is 25.5 Å². The number of likely N-dealkylation sites (N-methyl/N-ethyl adjacent to an activating group) is 1. The van der Waals surface area contributed by atoms with Crippen LogP contribution in [0.1, 0.15) is 49.2 Å². The minimum atomic E-state index is -0.221. The second kappa shape index (κ2) is 11.4. The van der Waals surface area contributed by atoms with E-state index in [2.05, 4.69) is 52.0 Å². The molecule has 32 heavy (non-hydrogen) atoms. The van der Waals surface area contributed by atoms with Gasteiger partial charge in [-0.2, -0.15) is 5.26 Å². The molecule has 3 rings (SSSR count). The van der Waals surface area contributed by atoms with Crippen LogP contribution in [0, 0.1) is 11.3 Å². The predicted octanol–water partition coefficient (Wildman–Crippen LogP) is 2.08. The number of nitrogens with zero attached hydrogens (tertiary/aromatic N) is 5. The normalized spacial score (nSPS) is 19.9. The van der Waals surface area contributed by atoms with E-state index in [0.717, 1.165) is 51.6 Å². The van der Waals surface area contributed by atoms with Gasteiger partial charge in [-0.15, -0.1) is 0 Å². The van der Waals surface area contributed by atoms with Gasteiger partial charge in [-0.05, 0) is 59.0 Å². The fraction of sp³-hybridized carbons (Fsp3) is 0.625. The first-order valence-electron chi connectivity index (χ1n) is 11.6. The van der Waals surface area contributed by atoms with Crippen molar-refractivity contribution in [1.29, 1.82) is 5.26 Å². The van der Waals surface area contributed by atoms with Gasteiger partial charge in [0.15, 0.2) is 0 Å². The van der Waals surface area contributed by atoms with Crippen molar-refractivity contribution in [3.8, 4) is 6.07 Å². The molecular weight excluding hydrogens is 402 g/mol. The molecule has 1 aromatic heterocycles. The fourth-order valence-electron chi connectivity index (χ4n) is 4.26. The van der Waals surface area contributed by atoms with E-state index >= 15 is 0 Å². The Morgan fingerprint density at radius 2 is 1.94 bits per heavy atom. The fourth-order valence-corrected chi connectivity index (χ4v) is 4.26. The van der Waals surface area contributed by atoms with Crippen LogP contribution in [0.4, 0.5) is 0 Å². The number of carbonyl (C=O) groups excluding carboxylic acids is 1. The topological polar surface area (TPSA) is 90.8 Å². The zero-order valence-corrected chi connectivity index (χ0v) is 19.7. The van der Waals surface area contributed by atoms with Gasteiger partial charge in [0.1, 0.15) is 11.8 Å². The number of likely N-dealkylation sites (tertiary alicyclic amines) is 1. The van der Waals surface area contributed by atoms with E-state index in [4.69, 9.17) is 10.3 Å². The van der Waals surface area contributed by atoms with Gasteiger partial charge < -0.3 is 15.2 Å². The summed E-state index contributed by atoms with van der Waals surface area (Å²) < 4.78 is 0. The van der Waals surface area contributed by atoms with Crippen molar-refractivity contribution >= 4 is 11.6 Å². The second-order valence-electron chi connectivity index (χ2n) is 9.24. The molecular formula is C24H37N7O. The molecule has 2 aliphatic rings. The number of nitriles is 1. The highest BCUT2D eigenvalue weighted by Crippen LogP contribution is 2.20. The molecule has 0 spiro atoms. The minimum absolute atomic E-state index is 0.182. The molecule has 3 heterocycles. The zero-order valence-electron chi connectivity index (χ0n) is 19.7. The number of amides is 1. The summed E-state index contributed by atoms with van der Waals surface area (Å²) >= 11 is 0. The Kier molecular flexibility index (Phi) is 8.62. The minimum Gasteiger partial charge on any atom is -0.356 e. The SMILES string of the molecule is CN1CCN(C(C)(C)C(/C=C\CNC(=O)c2cc(C#N)c[nH]2)=NCN2CCCCC2)CC1. The van der Waals surface area contributed by atoms with Crippen LogP contribution in [0.25, 0.3) is 0 Å². The molecule has 8 heteroatoms. The molecule has 2 aliphatic heterocycles. The molecule has 0 saturated carbocycles. The van der Waals surface area contributed by atoms with Crippen molar-refractivity contribution in [2.24, 2.45) is 4.99 Å². The van der Waals surface area contributed by atoms with Crippen LogP contribution >= 0.6 is 0 Å². The van der Waals surface area contributed by atoms with Gasteiger partial charge >= 0.3 is 0 Å². The number of rotatable bonds is 8. The first kappa shape index (κ1) is 24.2. The zero-order chi connectivity index (χ0) is 23.0. The van der Waals surface area contributed by atoms with Crippen LogP contribution < -0.4 is 5.32 Å². The molecule has 174 valence electrons. The average Bonchev–Trinajstić information content (AvgIpc) is 3.29. The largest absolute Gasteiger partial charge is 0.356 e. The van der Waals surface area contributed by atoms with E-state index in [9.17, 15) is 4.79 Å². The van der Waals surface area contributed by atoms with Crippen LogP contribution in [0.3, 0.4) is 0 Å². The van der Waals surface area contributed by atoms with Gasteiger partial charge in [-0.25, -0.2) is 0 Å². The Labute approximate surface area is 192 Å². The van der Waals surface area contributed by atoms with Crippen LogP contribution in [0.15, 0.2) is 29.4 Å². The molecule has 2 N–H and O–H groups in total. The molecule has 0 atom stereocenters. The lowest BCUT2D eigenvalue weighted by Gasteiger charge is -2.43. The number of piperidine rings is 1. The highest BCUT2D eigenvalue weighted by Gasteiger charge is 2.32. The number of H-pyrrole nitrogens is 1. The van der Waals surface area contributed by atoms with Crippen molar-refractivity contribution in [1.82, 2.24) is 25.0 Å². The van der Waals surface area contributed by atoms with E-state index in [1.54, 1.807) is 6.07 Å². The summed E-state index contributed by atoms with van der Waals surface area (Å²) in [5.41, 5.74) is 1.71. The third-order valence-corrected chi connectivity index (χ3v) is 6.52. The summed E-state index contributed by atoms with van der Waals surface area (Å²) in [6.45, 7) is 12.0. The van der Waals surface area contributed by atoms with Gasteiger partial charge in [-0.1, -0.05) is 12.5 Å². The molecule has 0 aliphatic carbocycles. The van der Waals surface area contributed by atoms with Crippen LogP contribution in [-0.4, -0.2) is 96.4 Å². The second-order valence-corrected chi connectivity index (χ2v) is 9.24. The quantitative estimate of drug-likeness (QED) is 0.605. The molecule has 0 bridgehead atoms. The van der Waals surface area contributed by atoms with Crippen molar-refractivity contribution in [3.05, 3.63) is 35.7 Å². The van der Waals surface area contributed by atoms with E-state index in [-0.39, 0.29) is 11.4 Å². The Morgan fingerprint density at radius 3 is 2.59 bits per heavy atom. The van der Waals surface area contributed by atoms with E-state index in [0.29, 0.717) is 17.8 Å². The number of aromatic nitrogens is 1. The highest BCUT2D eigenvalue weighted by atomic mass is 16.1. The third kappa shape index (κ3) is 6.52. The molecule has 2 fully saturated rings. The van der Waals surface area contributed by atoms with E-state index < -0.39 is 0 Å². The Morgan fingerprint density at radius 1 is 1.22 bits per heavy atom. The Hall–Kier alpha value is -2.47. The molecule has 1 amide bonds. The summed E-state index contributed by atoms with van der Waals surface area (Å²) in [6.07, 6.45) is 9.39. The first-order valence-corrected chi connectivity index (χ1v) is 11.6. The van der Waals surface area contributed by atoms with Gasteiger partial charge in [-0.3, -0.25) is 19.6 Å². The number of piperazine rings is 1. The molecule has 8 nitrogen and oxygen atoms in total. The van der Waals surface area contributed by atoms with E-state index in [1.807, 2.05) is 12.1 Å². The number of aromatic amines is 1. The lowest BCUT2D eigenvalue weighted by atomic mass is 9.94. The molecule has 0 radical (unpaired) electrons. The van der Waals surface area contributed by atoms with Gasteiger partial charge in [0, 0.05) is 38.9 Å². The number of nitrogens with one attached hydrogen (secondary N) is 2. The highest BCUT2D eigenvalue weighted by molar-refractivity contribution is 6.02. The van der Waals surface area contributed by atoms with Gasteiger partial charge in [0.25, 0.3) is 5.91 Å². The van der Waals surface area contributed by atoms with Gasteiger partial charge in [0.05, 0.1) is 23.5 Å². The molecule has 0 unspecified atom stereocenters. The summed E-state index contributed by atoms with van der Waals surface area (Å²) in [4.78, 5) is 27.5. The van der Waals surface area contributed by atoms with Crippen molar-refractivity contribution in [2.45, 2.75) is 38.6 Å². The standard InChI is InChI=1S/C24H37N7O/c1-24(2,31-14-12-29(3)13-15-31)22(28-19-30-10-5-4-6-11-30)8-7-9-26-23(32)21-16-20(17-25)18-27-21/h7-8,16,18,27H,4-6,9-15,19H2,1-3H3,(H,26,32)/b8-7-,28-22?.